The fourth-order valence-corrected chi connectivity index (χ4v) is 6.08. The van der Waals surface area contributed by atoms with Crippen LogP contribution in [0, 0.1) is 29.6 Å². The molecule has 1 nitrogen and oxygen atoms in total. The Morgan fingerprint density at radius 3 is 1.54 bits per heavy atom. The Labute approximate surface area is 151 Å². The maximum absolute atomic E-state index is 4.00. The Kier molecular flexibility index (Phi) is 7.25. The summed E-state index contributed by atoms with van der Waals surface area (Å²) in [6.45, 7) is 7.50. The molecule has 3 rings (SSSR count). The molecule has 3 saturated carbocycles. The summed E-state index contributed by atoms with van der Waals surface area (Å²) in [4.78, 5) is 0. The first-order valence-corrected chi connectivity index (χ1v) is 11.2. The molecule has 1 N–H and O–H groups in total. The van der Waals surface area contributed by atoms with Gasteiger partial charge in [-0.25, -0.2) is 0 Å². The number of hydrogen-bond acceptors (Lipinski definition) is 1. The molecule has 0 aliphatic heterocycles. The molecule has 0 aromatic heterocycles. The number of nitrogens with one attached hydrogen (secondary N) is 1. The molecule has 0 aromatic carbocycles. The zero-order valence-corrected chi connectivity index (χ0v) is 16.1. The van der Waals surface area contributed by atoms with Crippen LogP contribution < -0.4 is 5.32 Å². The third-order valence-corrected chi connectivity index (χ3v) is 7.75. The van der Waals surface area contributed by atoms with Crippen molar-refractivity contribution in [2.45, 2.75) is 96.4 Å². The van der Waals surface area contributed by atoms with E-state index in [0.29, 0.717) is 0 Å². The molecular formula is C23H41N. The van der Waals surface area contributed by atoms with Gasteiger partial charge in [0, 0.05) is 6.04 Å². The van der Waals surface area contributed by atoms with Crippen LogP contribution in [0.25, 0.3) is 0 Å². The van der Waals surface area contributed by atoms with Crippen LogP contribution in [0.15, 0.2) is 12.7 Å². The summed E-state index contributed by atoms with van der Waals surface area (Å²) < 4.78 is 0. The van der Waals surface area contributed by atoms with Gasteiger partial charge in [0.25, 0.3) is 0 Å². The molecular weight excluding hydrogens is 290 g/mol. The quantitative estimate of drug-likeness (QED) is 0.560. The second-order valence-electron chi connectivity index (χ2n) is 9.15. The molecule has 0 amide bonds. The summed E-state index contributed by atoms with van der Waals surface area (Å²) in [7, 11) is 0. The highest BCUT2D eigenvalue weighted by molar-refractivity contribution is 4.89. The molecule has 0 aromatic rings. The minimum atomic E-state index is 0.828. The molecule has 0 spiro atoms. The van der Waals surface area contributed by atoms with Gasteiger partial charge >= 0.3 is 0 Å². The Morgan fingerprint density at radius 1 is 0.708 bits per heavy atom. The van der Waals surface area contributed by atoms with E-state index in [9.17, 15) is 0 Å². The third-order valence-electron chi connectivity index (χ3n) is 7.75. The van der Waals surface area contributed by atoms with Crippen molar-refractivity contribution < 1.29 is 0 Å². The molecule has 0 heterocycles. The predicted molar refractivity (Wildman–Crippen MR) is 105 cm³/mol. The van der Waals surface area contributed by atoms with Crippen molar-refractivity contribution in [3.8, 4) is 0 Å². The van der Waals surface area contributed by atoms with Crippen LogP contribution in [0.5, 0.6) is 0 Å². The number of allylic oxidation sites excluding steroid dienone is 1. The molecule has 3 aliphatic carbocycles. The Balaban J connectivity index is 1.36. The molecule has 3 fully saturated rings. The number of hydrogen-bond donors (Lipinski definition) is 1. The molecule has 24 heavy (non-hydrogen) atoms. The van der Waals surface area contributed by atoms with E-state index in [-0.39, 0.29) is 0 Å². The van der Waals surface area contributed by atoms with Gasteiger partial charge in [-0.1, -0.05) is 13.0 Å². The van der Waals surface area contributed by atoms with Crippen molar-refractivity contribution >= 4 is 0 Å². The average Bonchev–Trinajstić information content (AvgIpc) is 2.67. The molecule has 0 atom stereocenters. The van der Waals surface area contributed by atoms with Crippen LogP contribution in [-0.2, 0) is 0 Å². The highest BCUT2D eigenvalue weighted by Crippen LogP contribution is 2.45. The lowest BCUT2D eigenvalue weighted by molar-refractivity contribution is 0.112. The predicted octanol–water partition coefficient (Wildman–Crippen LogP) is 6.34. The van der Waals surface area contributed by atoms with Gasteiger partial charge in [-0.15, -0.1) is 6.58 Å². The maximum Gasteiger partial charge on any atom is 0.00672 e. The zero-order chi connectivity index (χ0) is 16.8. The van der Waals surface area contributed by atoms with Gasteiger partial charge in [0.15, 0.2) is 0 Å². The Bertz CT molecular complexity index is 352. The first kappa shape index (κ1) is 18.5. The molecule has 138 valence electrons. The standard InChI is InChI=1S/C23H41N/c1-3-17-24-23-15-13-22(14-16-23)21-11-9-20(10-12-21)19-7-5-18(4-2)6-8-19/h4,18-24H,2-3,5-17H2,1H3. The van der Waals surface area contributed by atoms with Crippen molar-refractivity contribution in [2.24, 2.45) is 29.6 Å². The molecule has 0 bridgehead atoms. The van der Waals surface area contributed by atoms with Crippen molar-refractivity contribution in [1.82, 2.24) is 5.32 Å². The maximum atomic E-state index is 4.00. The van der Waals surface area contributed by atoms with Crippen LogP contribution in [0.4, 0.5) is 0 Å². The second kappa shape index (κ2) is 9.41. The van der Waals surface area contributed by atoms with Crippen LogP contribution in [0.3, 0.4) is 0 Å². The summed E-state index contributed by atoms with van der Waals surface area (Å²) in [5.41, 5.74) is 0. The SMILES string of the molecule is C=CC1CCC(C2CCC(C3CCC(NCCC)CC3)CC2)CC1. The fourth-order valence-electron chi connectivity index (χ4n) is 6.08. The molecule has 0 radical (unpaired) electrons. The normalized spacial score (nSPS) is 41.0. The van der Waals surface area contributed by atoms with Gasteiger partial charge in [0.05, 0.1) is 0 Å². The largest absolute Gasteiger partial charge is 0.314 e. The minimum absolute atomic E-state index is 0.828. The smallest absolute Gasteiger partial charge is 0.00672 e. The lowest BCUT2D eigenvalue weighted by Crippen LogP contribution is -2.36. The van der Waals surface area contributed by atoms with E-state index >= 15 is 0 Å². The van der Waals surface area contributed by atoms with Gasteiger partial charge in [-0.3, -0.25) is 0 Å². The van der Waals surface area contributed by atoms with Crippen LogP contribution in [0.2, 0.25) is 0 Å². The van der Waals surface area contributed by atoms with Gasteiger partial charge in [-0.05, 0) is 120 Å². The minimum Gasteiger partial charge on any atom is -0.314 e. The van der Waals surface area contributed by atoms with E-state index in [4.69, 9.17) is 0 Å². The van der Waals surface area contributed by atoms with E-state index in [1.54, 1.807) is 25.7 Å². The zero-order valence-electron chi connectivity index (χ0n) is 16.1. The van der Waals surface area contributed by atoms with Gasteiger partial charge in [0.1, 0.15) is 0 Å². The van der Waals surface area contributed by atoms with E-state index in [0.717, 1.165) is 35.6 Å². The molecule has 1 heteroatoms. The Morgan fingerprint density at radius 2 is 1.12 bits per heavy atom. The van der Waals surface area contributed by atoms with Crippen LogP contribution >= 0.6 is 0 Å². The summed E-state index contributed by atoms with van der Waals surface area (Å²) >= 11 is 0. The molecule has 0 saturated heterocycles. The lowest BCUT2D eigenvalue weighted by atomic mass is 9.65. The monoisotopic (exact) mass is 331 g/mol. The third kappa shape index (κ3) is 4.87. The van der Waals surface area contributed by atoms with E-state index in [2.05, 4.69) is 24.9 Å². The summed E-state index contributed by atoms with van der Waals surface area (Å²) in [6.07, 6.45) is 21.4. The Hall–Kier alpha value is -0.300. The molecule has 0 unspecified atom stereocenters. The van der Waals surface area contributed by atoms with Crippen LogP contribution in [-0.4, -0.2) is 12.6 Å². The summed E-state index contributed by atoms with van der Waals surface area (Å²) in [5.74, 6) is 5.07. The van der Waals surface area contributed by atoms with Crippen molar-refractivity contribution in [3.63, 3.8) is 0 Å². The van der Waals surface area contributed by atoms with E-state index in [1.807, 2.05) is 0 Å². The van der Waals surface area contributed by atoms with Gasteiger partial charge < -0.3 is 5.32 Å². The topological polar surface area (TPSA) is 12.0 Å². The first-order valence-electron chi connectivity index (χ1n) is 11.2. The van der Waals surface area contributed by atoms with Crippen LogP contribution in [0.1, 0.15) is 90.4 Å². The van der Waals surface area contributed by atoms with E-state index in [1.165, 1.54) is 64.3 Å². The average molecular weight is 332 g/mol. The highest BCUT2D eigenvalue weighted by Gasteiger charge is 2.34. The highest BCUT2D eigenvalue weighted by atomic mass is 14.9. The van der Waals surface area contributed by atoms with E-state index < -0.39 is 0 Å². The van der Waals surface area contributed by atoms with Crippen molar-refractivity contribution in [2.75, 3.05) is 6.54 Å². The van der Waals surface area contributed by atoms with Gasteiger partial charge in [0.2, 0.25) is 0 Å². The van der Waals surface area contributed by atoms with Crippen molar-refractivity contribution in [1.29, 1.82) is 0 Å². The van der Waals surface area contributed by atoms with Gasteiger partial charge in [-0.2, -0.15) is 0 Å². The lowest BCUT2D eigenvalue weighted by Gasteiger charge is -2.41. The van der Waals surface area contributed by atoms with Crippen molar-refractivity contribution in [3.05, 3.63) is 12.7 Å². The second-order valence-corrected chi connectivity index (χ2v) is 9.15. The molecule has 3 aliphatic rings. The number of rotatable bonds is 6. The summed E-state index contributed by atoms with van der Waals surface area (Å²) in [6, 6.07) is 0.831. The summed E-state index contributed by atoms with van der Waals surface area (Å²) in [5, 5.41) is 3.75. The fraction of sp³-hybridized carbons (Fsp3) is 0.913. The first-order chi connectivity index (χ1) is 11.8.